The Kier molecular flexibility index (Phi) is 6.54. The fourth-order valence-electron chi connectivity index (χ4n) is 3.56. The van der Waals surface area contributed by atoms with Gasteiger partial charge in [0.1, 0.15) is 5.69 Å². The van der Waals surface area contributed by atoms with Crippen LogP contribution < -0.4 is 10.1 Å². The maximum absolute atomic E-state index is 13.0. The lowest BCUT2D eigenvalue weighted by atomic mass is 9.97. The number of amides is 1. The quantitative estimate of drug-likeness (QED) is 0.780. The molecule has 2 heterocycles. The smallest absolute Gasteiger partial charge is 0.243 e. The summed E-state index contributed by atoms with van der Waals surface area (Å²) in [5.74, 6) is -0.00373. The molecule has 3 rings (SSSR count). The Balaban J connectivity index is 1.65. The third kappa shape index (κ3) is 4.76. The zero-order valence-electron chi connectivity index (χ0n) is 17.0. The van der Waals surface area contributed by atoms with Gasteiger partial charge < -0.3 is 10.1 Å². The van der Waals surface area contributed by atoms with Crippen LogP contribution in [0, 0.1) is 19.8 Å². The number of pyridine rings is 1. The van der Waals surface area contributed by atoms with Gasteiger partial charge >= 0.3 is 0 Å². The summed E-state index contributed by atoms with van der Waals surface area (Å²) in [5, 5.41) is 2.87. The molecule has 1 aromatic heterocycles. The molecule has 2 aromatic rings. The third-order valence-electron chi connectivity index (χ3n) is 5.08. The third-order valence-corrected chi connectivity index (χ3v) is 7.14. The van der Waals surface area contributed by atoms with E-state index in [9.17, 15) is 13.2 Å². The topological polar surface area (TPSA) is 88.6 Å². The maximum Gasteiger partial charge on any atom is 0.243 e. The van der Waals surface area contributed by atoms with Crippen LogP contribution in [-0.2, 0) is 14.8 Å². The summed E-state index contributed by atoms with van der Waals surface area (Å²) in [6.07, 6.45) is 2.55. The number of rotatable bonds is 6. The van der Waals surface area contributed by atoms with Crippen LogP contribution in [0.15, 0.2) is 41.4 Å². The fraction of sp³-hybridized carbons (Fsp3) is 0.429. The highest BCUT2D eigenvalue weighted by atomic mass is 32.2. The Morgan fingerprint density at radius 3 is 2.62 bits per heavy atom. The minimum atomic E-state index is -3.56. The van der Waals surface area contributed by atoms with Crippen molar-refractivity contribution in [3.63, 3.8) is 0 Å². The average Bonchev–Trinajstić information content (AvgIpc) is 2.69. The first-order chi connectivity index (χ1) is 13.8. The fourth-order valence-corrected chi connectivity index (χ4v) is 5.23. The van der Waals surface area contributed by atoms with Crippen LogP contribution in [0.5, 0.6) is 5.88 Å². The van der Waals surface area contributed by atoms with E-state index in [1.807, 2.05) is 32.9 Å². The largest absolute Gasteiger partial charge is 0.476 e. The molecule has 0 spiro atoms. The summed E-state index contributed by atoms with van der Waals surface area (Å²) in [6, 6.07) is 8.82. The first-order valence-corrected chi connectivity index (χ1v) is 11.2. The Morgan fingerprint density at radius 1 is 1.24 bits per heavy atom. The normalized spacial score (nSPS) is 15.8. The van der Waals surface area contributed by atoms with E-state index in [0.29, 0.717) is 49.0 Å². The first-order valence-electron chi connectivity index (χ1n) is 9.79. The van der Waals surface area contributed by atoms with Crippen LogP contribution in [0.2, 0.25) is 0 Å². The molecule has 1 aliphatic heterocycles. The summed E-state index contributed by atoms with van der Waals surface area (Å²) in [7, 11) is -3.56. The monoisotopic (exact) mass is 417 g/mol. The van der Waals surface area contributed by atoms with Crippen LogP contribution in [0.25, 0.3) is 0 Å². The molecule has 1 N–H and O–H groups in total. The van der Waals surface area contributed by atoms with E-state index in [1.54, 1.807) is 24.4 Å². The van der Waals surface area contributed by atoms with E-state index >= 15 is 0 Å². The molecule has 1 aromatic carbocycles. The number of sulfonamides is 1. The zero-order valence-corrected chi connectivity index (χ0v) is 17.8. The van der Waals surface area contributed by atoms with Crippen LogP contribution in [0.1, 0.15) is 30.9 Å². The van der Waals surface area contributed by atoms with Gasteiger partial charge in [-0.1, -0.05) is 17.7 Å². The minimum Gasteiger partial charge on any atom is -0.476 e. The van der Waals surface area contributed by atoms with Gasteiger partial charge in [-0.25, -0.2) is 13.4 Å². The highest BCUT2D eigenvalue weighted by Gasteiger charge is 2.33. The lowest BCUT2D eigenvalue weighted by molar-refractivity contribution is -0.120. The molecule has 0 radical (unpaired) electrons. The first kappa shape index (κ1) is 21.3. The van der Waals surface area contributed by atoms with Crippen molar-refractivity contribution < 1.29 is 17.9 Å². The second kappa shape index (κ2) is 8.92. The molecule has 29 heavy (non-hydrogen) atoms. The molecule has 7 nitrogen and oxygen atoms in total. The van der Waals surface area contributed by atoms with Gasteiger partial charge in [0, 0.05) is 25.2 Å². The number of aromatic nitrogens is 1. The van der Waals surface area contributed by atoms with E-state index in [4.69, 9.17) is 4.74 Å². The van der Waals surface area contributed by atoms with Crippen molar-refractivity contribution in [2.45, 2.75) is 38.5 Å². The van der Waals surface area contributed by atoms with Crippen molar-refractivity contribution in [3.05, 3.63) is 47.7 Å². The highest BCUT2D eigenvalue weighted by molar-refractivity contribution is 7.89. The second-order valence-electron chi connectivity index (χ2n) is 7.23. The van der Waals surface area contributed by atoms with Crippen molar-refractivity contribution in [3.8, 4) is 5.88 Å². The van der Waals surface area contributed by atoms with Gasteiger partial charge in [-0.05, 0) is 57.4 Å². The van der Waals surface area contributed by atoms with Gasteiger partial charge in [0.25, 0.3) is 0 Å². The van der Waals surface area contributed by atoms with E-state index in [1.165, 1.54) is 4.31 Å². The van der Waals surface area contributed by atoms with Crippen LogP contribution in [0.3, 0.4) is 0 Å². The van der Waals surface area contributed by atoms with E-state index in [2.05, 4.69) is 10.3 Å². The molecule has 0 unspecified atom stereocenters. The number of carbonyl (C=O) groups is 1. The molecule has 0 bridgehead atoms. The number of hydrogen-bond donors (Lipinski definition) is 1. The van der Waals surface area contributed by atoms with Gasteiger partial charge in [-0.2, -0.15) is 4.31 Å². The minimum absolute atomic E-state index is 0.137. The number of piperidine rings is 1. The van der Waals surface area contributed by atoms with Gasteiger partial charge in [0.15, 0.2) is 0 Å². The summed E-state index contributed by atoms with van der Waals surface area (Å²) in [6.45, 7) is 6.69. The molecule has 0 saturated carbocycles. The predicted molar refractivity (Wildman–Crippen MR) is 111 cm³/mol. The molecule has 1 aliphatic rings. The molecule has 156 valence electrons. The van der Waals surface area contributed by atoms with Crippen molar-refractivity contribution in [2.75, 3.05) is 25.0 Å². The van der Waals surface area contributed by atoms with Crippen molar-refractivity contribution >= 4 is 21.6 Å². The Labute approximate surface area is 172 Å². The number of nitrogens with one attached hydrogen (secondary N) is 1. The lowest BCUT2D eigenvalue weighted by Gasteiger charge is -2.31. The van der Waals surface area contributed by atoms with Gasteiger partial charge in [-0.15, -0.1) is 0 Å². The molecule has 1 amide bonds. The van der Waals surface area contributed by atoms with Gasteiger partial charge in [-0.3, -0.25) is 4.79 Å². The standard InChI is InChI=1S/C21H27N3O4S/c1-4-28-21-18(6-5-11-22-21)23-20(25)17-9-12-24(13-10-17)29(26,27)19-8-7-15(2)14-16(19)3/h5-8,11,14,17H,4,9-10,12-13H2,1-3H3,(H,23,25). The molecule has 0 aliphatic carbocycles. The maximum atomic E-state index is 13.0. The van der Waals surface area contributed by atoms with Crippen LogP contribution in [-0.4, -0.2) is 43.3 Å². The van der Waals surface area contributed by atoms with Crippen molar-refractivity contribution in [1.29, 1.82) is 0 Å². The second-order valence-corrected chi connectivity index (χ2v) is 9.13. The SMILES string of the molecule is CCOc1ncccc1NC(=O)C1CCN(S(=O)(=O)c2ccc(C)cc2C)CC1. The molecule has 1 fully saturated rings. The highest BCUT2D eigenvalue weighted by Crippen LogP contribution is 2.28. The van der Waals surface area contributed by atoms with Crippen molar-refractivity contribution in [2.24, 2.45) is 5.92 Å². The Bertz CT molecular complexity index is 983. The number of carbonyl (C=O) groups excluding carboxylic acids is 1. The summed E-state index contributed by atoms with van der Waals surface area (Å²) >= 11 is 0. The van der Waals surface area contributed by atoms with Crippen LogP contribution >= 0.6 is 0 Å². The van der Waals surface area contributed by atoms with E-state index in [0.717, 1.165) is 11.1 Å². The van der Waals surface area contributed by atoms with Crippen LogP contribution in [0.4, 0.5) is 5.69 Å². The Morgan fingerprint density at radius 2 is 1.97 bits per heavy atom. The average molecular weight is 418 g/mol. The summed E-state index contributed by atoms with van der Waals surface area (Å²) in [4.78, 5) is 17.1. The predicted octanol–water partition coefficient (Wildman–Crippen LogP) is 3.14. The number of hydrogen-bond acceptors (Lipinski definition) is 5. The molecular weight excluding hydrogens is 390 g/mol. The Hall–Kier alpha value is -2.45. The number of benzene rings is 1. The molecular formula is C21H27N3O4S. The molecule has 1 saturated heterocycles. The zero-order chi connectivity index (χ0) is 21.0. The lowest BCUT2D eigenvalue weighted by Crippen LogP contribution is -2.41. The van der Waals surface area contributed by atoms with Gasteiger partial charge in [0.2, 0.25) is 21.8 Å². The number of aryl methyl sites for hydroxylation is 2. The number of ether oxygens (including phenoxy) is 1. The molecule has 0 atom stereocenters. The summed E-state index contributed by atoms with van der Waals surface area (Å²) < 4.78 is 32.9. The summed E-state index contributed by atoms with van der Waals surface area (Å²) in [5.41, 5.74) is 2.30. The number of nitrogens with zero attached hydrogens (tertiary/aromatic N) is 2. The van der Waals surface area contributed by atoms with Gasteiger partial charge in [0.05, 0.1) is 11.5 Å². The number of anilines is 1. The van der Waals surface area contributed by atoms with E-state index in [-0.39, 0.29) is 11.8 Å². The molecule has 8 heteroatoms. The van der Waals surface area contributed by atoms with E-state index < -0.39 is 10.0 Å². The van der Waals surface area contributed by atoms with Crippen molar-refractivity contribution in [1.82, 2.24) is 9.29 Å².